The predicted octanol–water partition coefficient (Wildman–Crippen LogP) is 4.10. The molecule has 92 valence electrons. The lowest BCUT2D eigenvalue weighted by molar-refractivity contribution is 0.168. The van der Waals surface area contributed by atoms with Crippen LogP contribution in [0.25, 0.3) is 0 Å². The minimum absolute atomic E-state index is 0.880. The normalized spacial score (nSPS) is 12.0. The molecule has 0 aromatic carbocycles. The van der Waals surface area contributed by atoms with Crippen molar-refractivity contribution in [2.24, 2.45) is 0 Å². The Balaban J connectivity index is 3.83. The first-order chi connectivity index (χ1) is 7.18. The first-order valence-corrected chi connectivity index (χ1v) is 8.98. The second-order valence-corrected chi connectivity index (χ2v) is 7.63. The molecule has 0 aliphatic heterocycles. The molecule has 0 bridgehead atoms. The largest absolute Gasteiger partial charge is 0.394 e. The van der Waals surface area contributed by atoms with Crippen molar-refractivity contribution in [2.45, 2.75) is 65.5 Å². The van der Waals surface area contributed by atoms with E-state index in [1.54, 1.807) is 0 Å². The van der Waals surface area contributed by atoms with E-state index in [9.17, 15) is 0 Å². The number of hydrogen-bond donors (Lipinski definition) is 0. The molecule has 3 heteroatoms. The van der Waals surface area contributed by atoms with Gasteiger partial charge in [-0.15, -0.1) is 0 Å². The van der Waals surface area contributed by atoms with Gasteiger partial charge < -0.3 is 8.85 Å². The SMILES string of the molecule is CCCCO[Si](C)(CCC)OCCCC. The average molecular weight is 232 g/mol. The summed E-state index contributed by atoms with van der Waals surface area (Å²) in [5.41, 5.74) is 0. The molecule has 0 amide bonds. The van der Waals surface area contributed by atoms with E-state index in [-0.39, 0.29) is 0 Å². The molecular formula is C12H28O2Si. The van der Waals surface area contributed by atoms with Crippen LogP contribution in [0, 0.1) is 0 Å². The third-order valence-corrected chi connectivity index (χ3v) is 5.55. The lowest BCUT2D eigenvalue weighted by Crippen LogP contribution is -2.39. The molecule has 0 aliphatic rings. The van der Waals surface area contributed by atoms with Crippen LogP contribution in [0.3, 0.4) is 0 Å². The van der Waals surface area contributed by atoms with Crippen LogP contribution in [-0.4, -0.2) is 21.8 Å². The summed E-state index contributed by atoms with van der Waals surface area (Å²) in [7, 11) is -1.82. The van der Waals surface area contributed by atoms with Crippen LogP contribution >= 0.6 is 0 Å². The molecule has 0 saturated carbocycles. The minimum atomic E-state index is -1.82. The van der Waals surface area contributed by atoms with Crippen molar-refractivity contribution in [2.75, 3.05) is 13.2 Å². The molecule has 0 heterocycles. The van der Waals surface area contributed by atoms with Gasteiger partial charge in [-0.2, -0.15) is 0 Å². The summed E-state index contributed by atoms with van der Waals surface area (Å²) < 4.78 is 11.9. The smallest absolute Gasteiger partial charge is 0.334 e. The summed E-state index contributed by atoms with van der Waals surface area (Å²) >= 11 is 0. The number of unbranched alkanes of at least 4 members (excludes halogenated alkanes) is 2. The van der Waals surface area contributed by atoms with Crippen molar-refractivity contribution >= 4 is 8.56 Å². The van der Waals surface area contributed by atoms with Gasteiger partial charge in [0.05, 0.1) is 0 Å². The molecule has 0 spiro atoms. The van der Waals surface area contributed by atoms with E-state index in [4.69, 9.17) is 8.85 Å². The maximum Gasteiger partial charge on any atom is 0.334 e. The molecule has 0 fully saturated rings. The molecule has 0 radical (unpaired) electrons. The van der Waals surface area contributed by atoms with E-state index in [2.05, 4.69) is 27.3 Å². The quantitative estimate of drug-likeness (QED) is 0.417. The van der Waals surface area contributed by atoms with E-state index >= 15 is 0 Å². The first kappa shape index (κ1) is 15.1. The van der Waals surface area contributed by atoms with E-state index < -0.39 is 8.56 Å². The van der Waals surface area contributed by atoms with Gasteiger partial charge in [-0.1, -0.05) is 40.0 Å². The van der Waals surface area contributed by atoms with E-state index in [0.29, 0.717) is 0 Å². The Kier molecular flexibility index (Phi) is 9.45. The molecule has 0 saturated heterocycles. The van der Waals surface area contributed by atoms with Crippen molar-refractivity contribution in [3.63, 3.8) is 0 Å². The molecule has 0 aromatic rings. The summed E-state index contributed by atoms with van der Waals surface area (Å²) in [6.07, 6.45) is 5.88. The van der Waals surface area contributed by atoms with Gasteiger partial charge >= 0.3 is 8.56 Å². The molecule has 2 nitrogen and oxygen atoms in total. The Labute approximate surface area is 96.6 Å². The number of hydrogen-bond acceptors (Lipinski definition) is 2. The third kappa shape index (κ3) is 8.00. The topological polar surface area (TPSA) is 18.5 Å². The Hall–Kier alpha value is 0.137. The Morgan fingerprint density at radius 3 is 1.60 bits per heavy atom. The van der Waals surface area contributed by atoms with Gasteiger partial charge in [0.2, 0.25) is 0 Å². The van der Waals surface area contributed by atoms with E-state index in [0.717, 1.165) is 32.1 Å². The summed E-state index contributed by atoms with van der Waals surface area (Å²) in [5, 5.41) is 0. The maximum absolute atomic E-state index is 5.97. The van der Waals surface area contributed by atoms with Gasteiger partial charge in [-0.05, 0) is 25.4 Å². The second kappa shape index (κ2) is 9.37. The van der Waals surface area contributed by atoms with Crippen molar-refractivity contribution in [3.05, 3.63) is 0 Å². The van der Waals surface area contributed by atoms with Crippen LogP contribution in [0.1, 0.15) is 52.9 Å². The molecule has 0 unspecified atom stereocenters. The van der Waals surface area contributed by atoms with Crippen molar-refractivity contribution in [3.8, 4) is 0 Å². The molecule has 0 aromatic heterocycles. The van der Waals surface area contributed by atoms with Crippen LogP contribution < -0.4 is 0 Å². The maximum atomic E-state index is 5.97. The fourth-order valence-corrected chi connectivity index (χ4v) is 3.94. The van der Waals surface area contributed by atoms with Crippen LogP contribution in [0.5, 0.6) is 0 Å². The second-order valence-electron chi connectivity index (χ2n) is 4.29. The third-order valence-electron chi connectivity index (χ3n) is 2.51. The molecule has 15 heavy (non-hydrogen) atoms. The average Bonchev–Trinajstić information content (AvgIpc) is 2.19. The Morgan fingerprint density at radius 2 is 1.27 bits per heavy atom. The summed E-state index contributed by atoms with van der Waals surface area (Å²) in [6, 6.07) is 1.13. The lowest BCUT2D eigenvalue weighted by atomic mass is 10.4. The van der Waals surface area contributed by atoms with Gasteiger partial charge in [-0.25, -0.2) is 0 Å². The van der Waals surface area contributed by atoms with Crippen LogP contribution in [0.4, 0.5) is 0 Å². The first-order valence-electron chi connectivity index (χ1n) is 6.46. The zero-order valence-corrected chi connectivity index (χ0v) is 12.0. The van der Waals surface area contributed by atoms with Crippen molar-refractivity contribution in [1.82, 2.24) is 0 Å². The van der Waals surface area contributed by atoms with Gasteiger partial charge in [0.1, 0.15) is 0 Å². The lowest BCUT2D eigenvalue weighted by Gasteiger charge is -2.26. The van der Waals surface area contributed by atoms with E-state index in [1.807, 2.05) is 0 Å². The summed E-state index contributed by atoms with van der Waals surface area (Å²) in [6.45, 7) is 10.6. The molecule has 0 rings (SSSR count). The molecular weight excluding hydrogens is 204 g/mol. The van der Waals surface area contributed by atoms with Crippen LogP contribution in [0.2, 0.25) is 12.6 Å². The Bertz CT molecular complexity index is 130. The molecule has 0 N–H and O–H groups in total. The zero-order chi connectivity index (χ0) is 11.6. The highest BCUT2D eigenvalue weighted by atomic mass is 28.4. The summed E-state index contributed by atoms with van der Waals surface area (Å²) in [5.74, 6) is 0. The zero-order valence-electron chi connectivity index (χ0n) is 11.0. The monoisotopic (exact) mass is 232 g/mol. The highest BCUT2D eigenvalue weighted by Crippen LogP contribution is 2.16. The molecule has 0 aliphatic carbocycles. The minimum Gasteiger partial charge on any atom is -0.394 e. The van der Waals surface area contributed by atoms with Gasteiger partial charge in [-0.3, -0.25) is 0 Å². The number of rotatable bonds is 10. The fraction of sp³-hybridized carbons (Fsp3) is 1.00. The van der Waals surface area contributed by atoms with Crippen LogP contribution in [0.15, 0.2) is 0 Å². The van der Waals surface area contributed by atoms with Crippen molar-refractivity contribution in [1.29, 1.82) is 0 Å². The van der Waals surface area contributed by atoms with Crippen molar-refractivity contribution < 1.29 is 8.85 Å². The highest BCUT2D eigenvalue weighted by Gasteiger charge is 2.29. The molecule has 0 atom stereocenters. The standard InChI is InChI=1S/C12H28O2Si/c1-5-8-10-13-15(4,12-7-3)14-11-9-6-2/h5-12H2,1-4H3. The Morgan fingerprint density at radius 1 is 0.800 bits per heavy atom. The van der Waals surface area contributed by atoms with Gasteiger partial charge in [0.15, 0.2) is 0 Å². The highest BCUT2D eigenvalue weighted by molar-refractivity contribution is 6.66. The van der Waals surface area contributed by atoms with E-state index in [1.165, 1.54) is 19.3 Å². The van der Waals surface area contributed by atoms with Crippen LogP contribution in [-0.2, 0) is 8.85 Å². The fourth-order valence-electron chi connectivity index (χ4n) is 1.50. The van der Waals surface area contributed by atoms with Gasteiger partial charge in [0, 0.05) is 13.2 Å². The predicted molar refractivity (Wildman–Crippen MR) is 68.4 cm³/mol. The van der Waals surface area contributed by atoms with Gasteiger partial charge in [0.25, 0.3) is 0 Å². The summed E-state index contributed by atoms with van der Waals surface area (Å²) in [4.78, 5) is 0.